The highest BCUT2D eigenvalue weighted by Gasteiger charge is 2.31. The summed E-state index contributed by atoms with van der Waals surface area (Å²) in [6.07, 6.45) is 2.91. The minimum Gasteiger partial charge on any atom is -0.451 e. The Morgan fingerprint density at radius 3 is 3.04 bits per heavy atom. The number of nitrogens with zero attached hydrogens (tertiary/aromatic N) is 4. The third-order valence-corrected chi connectivity index (χ3v) is 5.60. The smallest absolute Gasteiger partial charge is 0.289 e. The largest absolute Gasteiger partial charge is 0.451 e. The molecular formula is C20H23N5O2. The van der Waals surface area contributed by atoms with E-state index >= 15 is 0 Å². The molecule has 27 heavy (non-hydrogen) atoms. The molecule has 4 heterocycles. The maximum Gasteiger partial charge on any atom is 0.289 e. The first-order chi connectivity index (χ1) is 13.3. The van der Waals surface area contributed by atoms with Crippen LogP contribution in [0.5, 0.6) is 0 Å². The van der Waals surface area contributed by atoms with E-state index in [-0.39, 0.29) is 11.8 Å². The molecule has 1 fully saturated rings. The van der Waals surface area contributed by atoms with Gasteiger partial charge in [0.2, 0.25) is 0 Å². The highest BCUT2D eigenvalue weighted by molar-refractivity contribution is 5.96. The summed E-state index contributed by atoms with van der Waals surface area (Å²) in [4.78, 5) is 14.9. The number of likely N-dealkylation sites (tertiary alicyclic amines) is 1. The van der Waals surface area contributed by atoms with Crippen LogP contribution in [0, 0.1) is 0 Å². The molecule has 0 unspecified atom stereocenters. The van der Waals surface area contributed by atoms with Crippen molar-refractivity contribution in [3.63, 3.8) is 0 Å². The van der Waals surface area contributed by atoms with E-state index in [1.807, 2.05) is 35.2 Å². The fourth-order valence-electron chi connectivity index (χ4n) is 4.21. The summed E-state index contributed by atoms with van der Waals surface area (Å²) >= 11 is 0. The van der Waals surface area contributed by atoms with E-state index in [0.29, 0.717) is 12.3 Å². The van der Waals surface area contributed by atoms with Crippen molar-refractivity contribution < 1.29 is 9.21 Å². The number of nitrogens with one attached hydrogen (secondary N) is 1. The van der Waals surface area contributed by atoms with Gasteiger partial charge in [0, 0.05) is 50.4 Å². The number of amides is 1. The Balaban J connectivity index is 1.38. The summed E-state index contributed by atoms with van der Waals surface area (Å²) in [5.41, 5.74) is 0.754. The highest BCUT2D eigenvalue weighted by atomic mass is 16.3. The van der Waals surface area contributed by atoms with Crippen LogP contribution in [0.1, 0.15) is 41.0 Å². The van der Waals surface area contributed by atoms with Crippen LogP contribution in [0.15, 0.2) is 34.7 Å². The summed E-state index contributed by atoms with van der Waals surface area (Å²) in [5.74, 6) is 2.69. The summed E-state index contributed by atoms with van der Waals surface area (Å²) in [6.45, 7) is 4.20. The molecule has 0 aliphatic carbocycles. The Morgan fingerprint density at radius 1 is 1.19 bits per heavy atom. The van der Waals surface area contributed by atoms with E-state index in [1.54, 1.807) is 0 Å². The number of aromatic nitrogens is 3. The topological polar surface area (TPSA) is 76.2 Å². The fourth-order valence-corrected chi connectivity index (χ4v) is 4.21. The lowest BCUT2D eigenvalue weighted by atomic mass is 9.96. The Kier molecular flexibility index (Phi) is 4.16. The number of fused-ring (bicyclic) bond motifs is 2. The zero-order chi connectivity index (χ0) is 18.2. The van der Waals surface area contributed by atoms with E-state index in [9.17, 15) is 4.79 Å². The molecule has 1 atom stereocenters. The Hall–Kier alpha value is -2.67. The van der Waals surface area contributed by atoms with Gasteiger partial charge >= 0.3 is 0 Å². The Morgan fingerprint density at radius 2 is 2.11 bits per heavy atom. The lowest BCUT2D eigenvalue weighted by Gasteiger charge is -2.32. The normalized spacial score (nSPS) is 20.4. The molecule has 140 valence electrons. The monoisotopic (exact) mass is 365 g/mol. The van der Waals surface area contributed by atoms with Crippen molar-refractivity contribution in [2.45, 2.75) is 31.7 Å². The van der Waals surface area contributed by atoms with Crippen LogP contribution in [0.2, 0.25) is 0 Å². The number of benzene rings is 1. The van der Waals surface area contributed by atoms with Crippen molar-refractivity contribution in [3.8, 4) is 0 Å². The van der Waals surface area contributed by atoms with Crippen LogP contribution < -0.4 is 5.32 Å². The second kappa shape index (κ2) is 6.81. The average molecular weight is 365 g/mol. The predicted octanol–water partition coefficient (Wildman–Crippen LogP) is 2.19. The van der Waals surface area contributed by atoms with Crippen LogP contribution in [-0.2, 0) is 13.0 Å². The van der Waals surface area contributed by atoms with Crippen LogP contribution in [0.3, 0.4) is 0 Å². The molecule has 1 amide bonds. The average Bonchev–Trinajstić information content (AvgIpc) is 3.25. The maximum atomic E-state index is 13.0. The fraction of sp³-hybridized carbons (Fsp3) is 0.450. The molecule has 3 aromatic rings. The number of hydrogen-bond donors (Lipinski definition) is 1. The SMILES string of the molecule is O=C(c1cc2ccccc2o1)N1CCC[C@H](c2nnc3n2CCNCC3)C1. The first kappa shape index (κ1) is 16.5. The predicted molar refractivity (Wildman–Crippen MR) is 101 cm³/mol. The van der Waals surface area contributed by atoms with Gasteiger partial charge in [0.1, 0.15) is 17.2 Å². The molecule has 1 N–H and O–H groups in total. The van der Waals surface area contributed by atoms with Gasteiger partial charge in [0.15, 0.2) is 5.76 Å². The molecule has 0 saturated carbocycles. The first-order valence-electron chi connectivity index (χ1n) is 9.70. The number of hydrogen-bond acceptors (Lipinski definition) is 5. The quantitative estimate of drug-likeness (QED) is 0.753. The molecule has 2 aliphatic heterocycles. The molecule has 5 rings (SSSR count). The standard InChI is InChI=1S/C20H23N5O2/c26-20(17-12-14-4-1-2-6-16(14)27-17)24-10-3-5-15(13-24)19-23-22-18-7-8-21-9-11-25(18)19/h1-2,4,6,12,15,21H,3,5,7-11,13H2/t15-/m0/s1. The van der Waals surface area contributed by atoms with Gasteiger partial charge in [-0.05, 0) is 25.0 Å². The minimum absolute atomic E-state index is 0.0341. The number of rotatable bonds is 2. The molecule has 2 aliphatic rings. The van der Waals surface area contributed by atoms with Crippen LogP contribution in [0.4, 0.5) is 0 Å². The van der Waals surface area contributed by atoms with Gasteiger partial charge < -0.3 is 19.2 Å². The van der Waals surface area contributed by atoms with Gasteiger partial charge in [-0.15, -0.1) is 10.2 Å². The van der Waals surface area contributed by atoms with E-state index < -0.39 is 0 Å². The lowest BCUT2D eigenvalue weighted by molar-refractivity contribution is 0.0673. The number of carbonyl (C=O) groups is 1. The van der Waals surface area contributed by atoms with Crippen molar-refractivity contribution in [1.82, 2.24) is 25.0 Å². The van der Waals surface area contributed by atoms with Crippen LogP contribution in [-0.4, -0.2) is 51.8 Å². The molecule has 0 bridgehead atoms. The van der Waals surface area contributed by atoms with Gasteiger partial charge in [0.05, 0.1) is 0 Å². The molecule has 1 aromatic carbocycles. The Labute approximate surface area is 157 Å². The second-order valence-electron chi connectivity index (χ2n) is 7.36. The van der Waals surface area contributed by atoms with Crippen molar-refractivity contribution >= 4 is 16.9 Å². The lowest BCUT2D eigenvalue weighted by Crippen LogP contribution is -2.39. The van der Waals surface area contributed by atoms with E-state index in [0.717, 1.165) is 68.1 Å². The van der Waals surface area contributed by atoms with Gasteiger partial charge in [-0.3, -0.25) is 4.79 Å². The van der Waals surface area contributed by atoms with Crippen molar-refractivity contribution in [2.24, 2.45) is 0 Å². The molecule has 0 radical (unpaired) electrons. The molecule has 7 heteroatoms. The third-order valence-electron chi connectivity index (χ3n) is 5.60. The van der Waals surface area contributed by atoms with Gasteiger partial charge in [0.25, 0.3) is 5.91 Å². The number of furan rings is 1. The van der Waals surface area contributed by atoms with Gasteiger partial charge in [-0.25, -0.2) is 0 Å². The molecule has 7 nitrogen and oxygen atoms in total. The summed E-state index contributed by atoms with van der Waals surface area (Å²) in [6, 6.07) is 9.58. The van der Waals surface area contributed by atoms with Crippen LogP contribution >= 0.6 is 0 Å². The van der Waals surface area contributed by atoms with Crippen molar-refractivity contribution in [2.75, 3.05) is 26.2 Å². The second-order valence-corrected chi connectivity index (χ2v) is 7.36. The molecule has 0 spiro atoms. The first-order valence-corrected chi connectivity index (χ1v) is 9.70. The Bertz CT molecular complexity index is 943. The molecule has 1 saturated heterocycles. The summed E-state index contributed by atoms with van der Waals surface area (Å²) < 4.78 is 8.03. The summed E-state index contributed by atoms with van der Waals surface area (Å²) in [5, 5.41) is 13.3. The van der Waals surface area contributed by atoms with E-state index in [2.05, 4.69) is 20.1 Å². The van der Waals surface area contributed by atoms with Gasteiger partial charge in [-0.2, -0.15) is 0 Å². The van der Waals surface area contributed by atoms with Gasteiger partial charge in [-0.1, -0.05) is 18.2 Å². The van der Waals surface area contributed by atoms with Crippen molar-refractivity contribution in [3.05, 3.63) is 47.7 Å². The summed E-state index contributed by atoms with van der Waals surface area (Å²) in [7, 11) is 0. The van der Waals surface area contributed by atoms with E-state index in [1.165, 1.54) is 0 Å². The number of para-hydroxylation sites is 1. The van der Waals surface area contributed by atoms with Crippen LogP contribution in [0.25, 0.3) is 11.0 Å². The highest BCUT2D eigenvalue weighted by Crippen LogP contribution is 2.28. The molecular weight excluding hydrogens is 342 g/mol. The number of carbonyl (C=O) groups excluding carboxylic acids is 1. The zero-order valence-corrected chi connectivity index (χ0v) is 15.2. The van der Waals surface area contributed by atoms with Crippen molar-refractivity contribution in [1.29, 1.82) is 0 Å². The minimum atomic E-state index is -0.0341. The zero-order valence-electron chi connectivity index (χ0n) is 15.2. The maximum absolute atomic E-state index is 13.0. The van der Waals surface area contributed by atoms with E-state index in [4.69, 9.17) is 4.42 Å². The number of piperidine rings is 1. The third kappa shape index (κ3) is 3.02. The molecule has 2 aromatic heterocycles.